The maximum absolute atomic E-state index is 5.34. The Morgan fingerprint density at radius 1 is 1.86 bits per heavy atom. The fourth-order valence-electron chi connectivity index (χ4n) is 0.129. The van der Waals surface area contributed by atoms with Crippen LogP contribution in [-0.4, -0.2) is 24.9 Å². The van der Waals surface area contributed by atoms with Gasteiger partial charge in [-0.1, -0.05) is 0 Å². The summed E-state index contributed by atoms with van der Waals surface area (Å²) < 4.78 is 0. The molecule has 0 radical (unpaired) electrons. The third kappa shape index (κ3) is 2.17. The largest absolute Gasteiger partial charge is 0.310 e. The Balaban J connectivity index is 3.33. The lowest BCUT2D eigenvalue weighted by Crippen LogP contribution is -2.31. The lowest BCUT2D eigenvalue weighted by Gasteiger charge is -2.14. The van der Waals surface area contributed by atoms with E-state index in [1.807, 2.05) is 6.92 Å². The Morgan fingerprint density at radius 3 is 2.29 bits per heavy atom. The highest BCUT2D eigenvalue weighted by Gasteiger charge is 1.93. The molecule has 0 bridgehead atoms. The van der Waals surface area contributed by atoms with Crippen molar-refractivity contribution in [2.45, 2.75) is 13.1 Å². The molecular weight excluding hydrogens is 90.1 g/mol. The van der Waals surface area contributed by atoms with Crippen LogP contribution >= 0.6 is 0 Å². The highest BCUT2D eigenvalue weighted by atomic mass is 15.5. The van der Waals surface area contributed by atoms with Gasteiger partial charge in [0.05, 0.1) is 6.17 Å². The summed E-state index contributed by atoms with van der Waals surface area (Å²) in [5, 5.41) is 5.13. The molecule has 0 fully saturated rings. The Hall–Kier alpha value is -0.570. The first-order valence-corrected chi connectivity index (χ1v) is 2.13. The molecule has 3 heteroatoms. The van der Waals surface area contributed by atoms with Crippen molar-refractivity contribution in [1.29, 1.82) is 0 Å². The van der Waals surface area contributed by atoms with Crippen molar-refractivity contribution in [3.05, 3.63) is 0 Å². The van der Waals surface area contributed by atoms with E-state index >= 15 is 0 Å². The van der Waals surface area contributed by atoms with Crippen molar-refractivity contribution in [3.8, 4) is 0 Å². The van der Waals surface area contributed by atoms with Gasteiger partial charge in [0.15, 0.2) is 0 Å². The molecule has 0 aliphatic carbocycles. The standard InChI is InChI=1S/C4H11N3/c1-4(5)7(3)6-2/h4H,2,5H2,1,3H3. The molecule has 0 aliphatic rings. The Kier molecular flexibility index (Phi) is 2.37. The minimum atomic E-state index is -0.0301. The zero-order chi connectivity index (χ0) is 5.86. The van der Waals surface area contributed by atoms with E-state index in [1.165, 1.54) is 0 Å². The van der Waals surface area contributed by atoms with Crippen LogP contribution in [0.15, 0.2) is 5.10 Å². The summed E-state index contributed by atoms with van der Waals surface area (Å²) in [4.78, 5) is 0. The number of hydrogen-bond acceptors (Lipinski definition) is 3. The van der Waals surface area contributed by atoms with Gasteiger partial charge >= 0.3 is 0 Å². The molecule has 0 heterocycles. The van der Waals surface area contributed by atoms with E-state index in [2.05, 4.69) is 11.8 Å². The average molecular weight is 101 g/mol. The molecule has 1 unspecified atom stereocenters. The van der Waals surface area contributed by atoms with Gasteiger partial charge in [0, 0.05) is 13.8 Å². The van der Waals surface area contributed by atoms with E-state index < -0.39 is 0 Å². The zero-order valence-electron chi connectivity index (χ0n) is 4.76. The van der Waals surface area contributed by atoms with Crippen molar-refractivity contribution in [1.82, 2.24) is 5.01 Å². The minimum absolute atomic E-state index is 0.0301. The predicted molar refractivity (Wildman–Crippen MR) is 31.0 cm³/mol. The molecule has 0 amide bonds. The Bertz CT molecular complexity index is 60.0. The summed E-state index contributed by atoms with van der Waals surface area (Å²) in [5.41, 5.74) is 5.34. The fraction of sp³-hybridized carbons (Fsp3) is 0.750. The van der Waals surface area contributed by atoms with Crippen LogP contribution in [0, 0.1) is 0 Å². The van der Waals surface area contributed by atoms with Crippen molar-refractivity contribution >= 4 is 6.72 Å². The van der Waals surface area contributed by atoms with E-state index in [9.17, 15) is 0 Å². The molecular formula is C4H11N3. The van der Waals surface area contributed by atoms with Gasteiger partial charge in [0.1, 0.15) is 0 Å². The van der Waals surface area contributed by atoms with E-state index in [1.54, 1.807) is 12.1 Å². The predicted octanol–water partition coefficient (Wildman–Crippen LogP) is -0.161. The number of rotatable bonds is 2. The van der Waals surface area contributed by atoms with Crippen LogP contribution in [0.2, 0.25) is 0 Å². The lowest BCUT2D eigenvalue weighted by atomic mass is 10.6. The van der Waals surface area contributed by atoms with Gasteiger partial charge < -0.3 is 5.73 Å². The Labute approximate surface area is 43.8 Å². The summed E-state index contributed by atoms with van der Waals surface area (Å²) in [6, 6.07) is 0. The lowest BCUT2D eigenvalue weighted by molar-refractivity contribution is 0.279. The van der Waals surface area contributed by atoms with Crippen LogP contribution in [0.3, 0.4) is 0 Å². The van der Waals surface area contributed by atoms with E-state index in [-0.39, 0.29) is 6.17 Å². The van der Waals surface area contributed by atoms with Crippen LogP contribution in [0.25, 0.3) is 0 Å². The zero-order valence-corrected chi connectivity index (χ0v) is 4.76. The van der Waals surface area contributed by atoms with Gasteiger partial charge in [-0.15, -0.1) is 0 Å². The number of nitrogens with two attached hydrogens (primary N) is 1. The van der Waals surface area contributed by atoms with Gasteiger partial charge in [-0.3, -0.25) is 5.01 Å². The van der Waals surface area contributed by atoms with Crippen LogP contribution in [0.5, 0.6) is 0 Å². The van der Waals surface area contributed by atoms with Crippen LogP contribution in [0.1, 0.15) is 6.92 Å². The summed E-state index contributed by atoms with van der Waals surface area (Å²) in [7, 11) is 1.78. The average Bonchev–Trinajstić information content (AvgIpc) is 1.65. The second-order valence-electron chi connectivity index (χ2n) is 1.46. The van der Waals surface area contributed by atoms with Crippen LogP contribution < -0.4 is 5.73 Å². The SMILES string of the molecule is C=NN(C)C(C)N. The second kappa shape index (κ2) is 2.58. The number of hydrazone groups is 1. The molecule has 42 valence electrons. The third-order valence-electron chi connectivity index (χ3n) is 0.812. The molecule has 0 aliphatic heterocycles. The second-order valence-corrected chi connectivity index (χ2v) is 1.46. The smallest absolute Gasteiger partial charge is 0.0907 e. The first kappa shape index (κ1) is 6.43. The number of nitrogens with zero attached hydrogens (tertiary/aromatic N) is 2. The summed E-state index contributed by atoms with van der Waals surface area (Å²) in [6.45, 7) is 5.12. The third-order valence-corrected chi connectivity index (χ3v) is 0.812. The van der Waals surface area contributed by atoms with Gasteiger partial charge in [-0.05, 0) is 6.92 Å². The topological polar surface area (TPSA) is 41.6 Å². The normalized spacial score (nSPS) is 13.0. The molecule has 0 spiro atoms. The molecule has 0 saturated heterocycles. The minimum Gasteiger partial charge on any atom is -0.310 e. The monoisotopic (exact) mass is 101 g/mol. The first-order chi connectivity index (χ1) is 3.18. The van der Waals surface area contributed by atoms with Gasteiger partial charge in [-0.25, -0.2) is 0 Å². The summed E-state index contributed by atoms with van der Waals surface area (Å²) in [5.74, 6) is 0. The summed E-state index contributed by atoms with van der Waals surface area (Å²) in [6.07, 6.45) is -0.0301. The molecule has 3 nitrogen and oxygen atoms in total. The summed E-state index contributed by atoms with van der Waals surface area (Å²) >= 11 is 0. The van der Waals surface area contributed by atoms with Gasteiger partial charge in [0.25, 0.3) is 0 Å². The molecule has 7 heavy (non-hydrogen) atoms. The molecule has 1 atom stereocenters. The van der Waals surface area contributed by atoms with Crippen LogP contribution in [-0.2, 0) is 0 Å². The van der Waals surface area contributed by atoms with Gasteiger partial charge in [0.2, 0.25) is 0 Å². The Morgan fingerprint density at radius 2 is 2.29 bits per heavy atom. The van der Waals surface area contributed by atoms with Crippen LogP contribution in [0.4, 0.5) is 0 Å². The van der Waals surface area contributed by atoms with E-state index in [0.29, 0.717) is 0 Å². The quantitative estimate of drug-likeness (QED) is 0.298. The molecule has 0 saturated carbocycles. The highest BCUT2D eigenvalue weighted by Crippen LogP contribution is 1.82. The van der Waals surface area contributed by atoms with E-state index in [4.69, 9.17) is 5.73 Å². The molecule has 2 N–H and O–H groups in total. The van der Waals surface area contributed by atoms with Crippen molar-refractivity contribution in [2.24, 2.45) is 10.8 Å². The highest BCUT2D eigenvalue weighted by molar-refractivity contribution is 5.22. The molecule has 0 aromatic carbocycles. The molecule has 0 aromatic rings. The fourth-order valence-corrected chi connectivity index (χ4v) is 0.129. The maximum atomic E-state index is 5.34. The van der Waals surface area contributed by atoms with Crippen molar-refractivity contribution in [3.63, 3.8) is 0 Å². The number of hydrogen-bond donors (Lipinski definition) is 1. The van der Waals surface area contributed by atoms with Gasteiger partial charge in [-0.2, -0.15) is 5.10 Å². The van der Waals surface area contributed by atoms with Crippen molar-refractivity contribution in [2.75, 3.05) is 7.05 Å². The maximum Gasteiger partial charge on any atom is 0.0907 e. The molecule has 0 rings (SSSR count). The van der Waals surface area contributed by atoms with Crippen molar-refractivity contribution < 1.29 is 0 Å². The molecule has 0 aromatic heterocycles. The first-order valence-electron chi connectivity index (χ1n) is 2.13. The van der Waals surface area contributed by atoms with E-state index in [0.717, 1.165) is 0 Å².